The molecule has 104 valence electrons. The summed E-state index contributed by atoms with van der Waals surface area (Å²) in [6.07, 6.45) is 9.15. The molecule has 1 fully saturated rings. The molecule has 1 heterocycles. The number of fused-ring (bicyclic) bond motifs is 1. The molecule has 0 unspecified atom stereocenters. The van der Waals surface area contributed by atoms with Crippen molar-refractivity contribution < 1.29 is 0 Å². The van der Waals surface area contributed by atoms with E-state index in [1.807, 2.05) is 0 Å². The normalized spacial score (nSPS) is 18.8. The number of anilines is 1. The van der Waals surface area contributed by atoms with Gasteiger partial charge in [0, 0.05) is 31.4 Å². The average Bonchev–Trinajstić information content (AvgIpc) is 3.07. The number of rotatable bonds is 4. The van der Waals surface area contributed by atoms with Crippen molar-refractivity contribution in [2.45, 2.75) is 51.5 Å². The zero-order valence-corrected chi connectivity index (χ0v) is 12.0. The standard InChI is InChI=1S/C16H25N3/c1-19(11-12-5-2-3-6-12)16-14(10-17)9-13-7-4-8-15(13)18-16/h9,12H,2-8,10-11,17H2,1H3. The topological polar surface area (TPSA) is 42.2 Å². The lowest BCUT2D eigenvalue weighted by atomic mass is 10.1. The van der Waals surface area contributed by atoms with Crippen LogP contribution in [0.15, 0.2) is 6.07 Å². The van der Waals surface area contributed by atoms with Gasteiger partial charge in [-0.3, -0.25) is 0 Å². The van der Waals surface area contributed by atoms with E-state index in [4.69, 9.17) is 10.7 Å². The fourth-order valence-corrected chi connectivity index (χ4v) is 3.66. The van der Waals surface area contributed by atoms with Gasteiger partial charge in [0.05, 0.1) is 0 Å². The molecule has 2 N–H and O–H groups in total. The van der Waals surface area contributed by atoms with Crippen molar-refractivity contribution in [3.8, 4) is 0 Å². The summed E-state index contributed by atoms with van der Waals surface area (Å²) in [5.74, 6) is 1.99. The summed E-state index contributed by atoms with van der Waals surface area (Å²) in [7, 11) is 2.18. The lowest BCUT2D eigenvalue weighted by Gasteiger charge is -2.25. The van der Waals surface area contributed by atoms with Crippen LogP contribution in [0.3, 0.4) is 0 Å². The van der Waals surface area contributed by atoms with Gasteiger partial charge in [0.2, 0.25) is 0 Å². The molecule has 1 aromatic heterocycles. The summed E-state index contributed by atoms with van der Waals surface area (Å²) in [5.41, 5.74) is 9.89. The van der Waals surface area contributed by atoms with E-state index in [1.165, 1.54) is 55.3 Å². The zero-order valence-electron chi connectivity index (χ0n) is 12.0. The maximum atomic E-state index is 5.92. The van der Waals surface area contributed by atoms with Gasteiger partial charge < -0.3 is 10.6 Å². The van der Waals surface area contributed by atoms with E-state index in [0.29, 0.717) is 6.54 Å². The summed E-state index contributed by atoms with van der Waals surface area (Å²) in [6, 6.07) is 2.30. The largest absolute Gasteiger partial charge is 0.359 e. The Balaban J connectivity index is 1.81. The number of aromatic nitrogens is 1. The fourth-order valence-electron chi connectivity index (χ4n) is 3.66. The summed E-state index contributed by atoms with van der Waals surface area (Å²) in [5, 5.41) is 0. The molecule has 0 atom stereocenters. The SMILES string of the molecule is CN(CC1CCCC1)c1nc2c(cc1CN)CCC2. The first-order valence-corrected chi connectivity index (χ1v) is 7.71. The fraction of sp³-hybridized carbons (Fsp3) is 0.688. The first kappa shape index (κ1) is 12.9. The van der Waals surface area contributed by atoms with Crippen LogP contribution in [0.2, 0.25) is 0 Å². The second-order valence-electron chi connectivity index (χ2n) is 6.17. The summed E-state index contributed by atoms with van der Waals surface area (Å²) >= 11 is 0. The quantitative estimate of drug-likeness (QED) is 0.904. The van der Waals surface area contributed by atoms with Crippen molar-refractivity contribution in [2.75, 3.05) is 18.5 Å². The van der Waals surface area contributed by atoms with Gasteiger partial charge in [-0.05, 0) is 49.7 Å². The molecule has 0 amide bonds. The van der Waals surface area contributed by atoms with Gasteiger partial charge in [-0.25, -0.2) is 4.98 Å². The first-order valence-electron chi connectivity index (χ1n) is 7.71. The first-order chi connectivity index (χ1) is 9.28. The lowest BCUT2D eigenvalue weighted by molar-refractivity contribution is 0.544. The van der Waals surface area contributed by atoms with Gasteiger partial charge >= 0.3 is 0 Å². The molecule has 0 bridgehead atoms. The third-order valence-electron chi connectivity index (χ3n) is 4.70. The van der Waals surface area contributed by atoms with Crippen LogP contribution in [0, 0.1) is 5.92 Å². The van der Waals surface area contributed by atoms with Gasteiger partial charge in [0.25, 0.3) is 0 Å². The van der Waals surface area contributed by atoms with Crippen molar-refractivity contribution >= 4 is 5.82 Å². The Morgan fingerprint density at radius 3 is 2.79 bits per heavy atom. The molecule has 3 rings (SSSR count). The highest BCUT2D eigenvalue weighted by Crippen LogP contribution is 2.30. The van der Waals surface area contributed by atoms with Gasteiger partial charge in [0.15, 0.2) is 0 Å². The predicted octanol–water partition coefficient (Wildman–Crippen LogP) is 2.66. The van der Waals surface area contributed by atoms with E-state index in [2.05, 4.69) is 18.0 Å². The number of hydrogen-bond acceptors (Lipinski definition) is 3. The molecule has 2 aliphatic carbocycles. The van der Waals surface area contributed by atoms with Crippen molar-refractivity contribution in [1.29, 1.82) is 0 Å². The third-order valence-corrected chi connectivity index (χ3v) is 4.70. The Morgan fingerprint density at radius 1 is 1.26 bits per heavy atom. The zero-order chi connectivity index (χ0) is 13.2. The molecule has 1 aromatic rings. The third kappa shape index (κ3) is 2.62. The van der Waals surface area contributed by atoms with Crippen LogP contribution in [-0.2, 0) is 19.4 Å². The highest BCUT2D eigenvalue weighted by Gasteiger charge is 2.21. The molecule has 1 saturated carbocycles. The molecular formula is C16H25N3. The smallest absolute Gasteiger partial charge is 0.133 e. The number of aryl methyl sites for hydroxylation is 2. The summed E-state index contributed by atoms with van der Waals surface area (Å²) in [6.45, 7) is 1.74. The molecule has 3 nitrogen and oxygen atoms in total. The molecule has 2 aliphatic rings. The highest BCUT2D eigenvalue weighted by atomic mass is 15.2. The van der Waals surface area contributed by atoms with Crippen LogP contribution in [-0.4, -0.2) is 18.6 Å². The summed E-state index contributed by atoms with van der Waals surface area (Å²) in [4.78, 5) is 7.26. The van der Waals surface area contributed by atoms with E-state index in [9.17, 15) is 0 Å². The van der Waals surface area contributed by atoms with Crippen molar-refractivity contribution in [1.82, 2.24) is 4.98 Å². The Bertz CT molecular complexity index is 450. The van der Waals surface area contributed by atoms with Gasteiger partial charge in [-0.15, -0.1) is 0 Å². The van der Waals surface area contributed by atoms with Crippen LogP contribution in [0.4, 0.5) is 5.82 Å². The molecule has 3 heteroatoms. The van der Waals surface area contributed by atoms with E-state index in [0.717, 1.165) is 24.7 Å². The van der Waals surface area contributed by atoms with Gasteiger partial charge in [0.1, 0.15) is 5.82 Å². The second kappa shape index (κ2) is 5.49. The predicted molar refractivity (Wildman–Crippen MR) is 79.4 cm³/mol. The number of nitrogens with zero attached hydrogens (tertiary/aromatic N) is 2. The molecular weight excluding hydrogens is 234 g/mol. The number of hydrogen-bond donors (Lipinski definition) is 1. The van der Waals surface area contributed by atoms with Crippen LogP contribution >= 0.6 is 0 Å². The van der Waals surface area contributed by atoms with Gasteiger partial charge in [-0.1, -0.05) is 12.8 Å². The molecule has 0 saturated heterocycles. The monoisotopic (exact) mass is 259 g/mol. The summed E-state index contributed by atoms with van der Waals surface area (Å²) < 4.78 is 0. The van der Waals surface area contributed by atoms with E-state index in [-0.39, 0.29) is 0 Å². The van der Waals surface area contributed by atoms with Crippen molar-refractivity contribution in [3.63, 3.8) is 0 Å². The minimum atomic E-state index is 0.602. The number of nitrogens with two attached hydrogens (primary N) is 1. The molecule has 19 heavy (non-hydrogen) atoms. The maximum Gasteiger partial charge on any atom is 0.133 e. The van der Waals surface area contributed by atoms with E-state index < -0.39 is 0 Å². The second-order valence-corrected chi connectivity index (χ2v) is 6.17. The van der Waals surface area contributed by atoms with Crippen LogP contribution in [0.1, 0.15) is 48.9 Å². The molecule has 0 spiro atoms. The van der Waals surface area contributed by atoms with Crippen molar-refractivity contribution in [2.24, 2.45) is 11.7 Å². The Hall–Kier alpha value is -1.09. The number of pyridine rings is 1. The Kier molecular flexibility index (Phi) is 3.74. The van der Waals surface area contributed by atoms with E-state index >= 15 is 0 Å². The van der Waals surface area contributed by atoms with Crippen LogP contribution < -0.4 is 10.6 Å². The molecule has 0 aromatic carbocycles. The van der Waals surface area contributed by atoms with Crippen LogP contribution in [0.5, 0.6) is 0 Å². The van der Waals surface area contributed by atoms with Gasteiger partial charge in [-0.2, -0.15) is 0 Å². The maximum absolute atomic E-state index is 5.92. The molecule has 0 aliphatic heterocycles. The van der Waals surface area contributed by atoms with Crippen LogP contribution in [0.25, 0.3) is 0 Å². The highest BCUT2D eigenvalue weighted by molar-refractivity contribution is 5.50. The average molecular weight is 259 g/mol. The minimum Gasteiger partial charge on any atom is -0.359 e. The Morgan fingerprint density at radius 2 is 2.05 bits per heavy atom. The minimum absolute atomic E-state index is 0.602. The molecule has 0 radical (unpaired) electrons. The lowest BCUT2D eigenvalue weighted by Crippen LogP contribution is -2.27. The Labute approximate surface area is 116 Å². The van der Waals surface area contributed by atoms with Crippen molar-refractivity contribution in [3.05, 3.63) is 22.9 Å². The van der Waals surface area contributed by atoms with E-state index in [1.54, 1.807) is 0 Å².